The third-order valence-electron chi connectivity index (χ3n) is 3.34. The number of aliphatic carboxylic acids is 1. The molecule has 0 bridgehead atoms. The van der Waals surface area contributed by atoms with Crippen LogP contribution in [-0.2, 0) is 9.59 Å². The predicted octanol–water partition coefficient (Wildman–Crippen LogP) is 1.18. The number of aliphatic hydroxyl groups excluding tert-OH is 1. The number of carboxylic acid groups (broad SMARTS) is 1. The highest BCUT2D eigenvalue weighted by Gasteiger charge is 2.33. The molecule has 0 spiro atoms. The van der Waals surface area contributed by atoms with E-state index >= 15 is 0 Å². The van der Waals surface area contributed by atoms with Crippen molar-refractivity contribution in [3.63, 3.8) is 0 Å². The summed E-state index contributed by atoms with van der Waals surface area (Å²) in [6.45, 7) is 4.18. The second kappa shape index (κ2) is 7.28. The molecule has 0 aromatic rings. The maximum Gasteiger partial charge on any atom is 0.307 e. The third-order valence-corrected chi connectivity index (χ3v) is 3.34. The number of carbonyl (C=O) groups is 2. The molecule has 0 aliphatic heterocycles. The Morgan fingerprint density at radius 2 is 1.84 bits per heavy atom. The Kier molecular flexibility index (Phi) is 6.02. The second-order valence-corrected chi connectivity index (χ2v) is 5.52. The molecular formula is C14H23NO4. The first kappa shape index (κ1) is 15.7. The number of aliphatic hydroxyl groups is 1. The molecule has 0 heterocycles. The zero-order valence-corrected chi connectivity index (χ0v) is 11.5. The highest BCUT2D eigenvalue weighted by Crippen LogP contribution is 2.26. The lowest BCUT2D eigenvalue weighted by Crippen LogP contribution is -2.41. The van der Waals surface area contributed by atoms with Crippen LogP contribution in [0.2, 0.25) is 0 Å². The van der Waals surface area contributed by atoms with Crippen molar-refractivity contribution in [2.45, 2.75) is 39.2 Å². The molecule has 0 radical (unpaired) electrons. The van der Waals surface area contributed by atoms with Crippen molar-refractivity contribution >= 4 is 11.9 Å². The first-order valence-electron chi connectivity index (χ1n) is 6.75. The minimum Gasteiger partial charge on any atom is -0.481 e. The van der Waals surface area contributed by atoms with Gasteiger partial charge in [-0.3, -0.25) is 9.59 Å². The van der Waals surface area contributed by atoms with Crippen molar-refractivity contribution < 1.29 is 19.8 Å². The Morgan fingerprint density at radius 1 is 1.26 bits per heavy atom. The number of allylic oxidation sites excluding steroid dienone is 2. The molecule has 5 heteroatoms. The summed E-state index contributed by atoms with van der Waals surface area (Å²) in [5.74, 6) is -2.05. The fourth-order valence-corrected chi connectivity index (χ4v) is 2.35. The standard InChI is InChI=1S/C14H23NO4/c1-9(2)7-10(16)8-15-13(17)11-5-3-4-6-12(11)14(18)19/h3-4,9-12,16H,5-8H2,1-2H3,(H,15,17)(H,18,19). The van der Waals surface area contributed by atoms with Gasteiger partial charge in [0.25, 0.3) is 0 Å². The van der Waals surface area contributed by atoms with Gasteiger partial charge in [-0.25, -0.2) is 0 Å². The van der Waals surface area contributed by atoms with E-state index in [1.54, 1.807) is 6.08 Å². The van der Waals surface area contributed by atoms with E-state index in [1.165, 1.54) is 0 Å². The van der Waals surface area contributed by atoms with Gasteiger partial charge in [-0.05, 0) is 25.2 Å². The largest absolute Gasteiger partial charge is 0.481 e. The van der Waals surface area contributed by atoms with Crippen molar-refractivity contribution in [1.29, 1.82) is 0 Å². The zero-order chi connectivity index (χ0) is 14.4. The molecule has 1 aliphatic rings. The van der Waals surface area contributed by atoms with Gasteiger partial charge in [0, 0.05) is 6.54 Å². The van der Waals surface area contributed by atoms with Crippen LogP contribution in [0.1, 0.15) is 33.1 Å². The average Bonchev–Trinajstić information content (AvgIpc) is 2.35. The SMILES string of the molecule is CC(C)CC(O)CNC(=O)C1CC=CCC1C(=O)O. The third kappa shape index (κ3) is 5.03. The van der Waals surface area contributed by atoms with E-state index in [4.69, 9.17) is 5.11 Å². The van der Waals surface area contributed by atoms with Crippen molar-refractivity contribution in [3.8, 4) is 0 Å². The lowest BCUT2D eigenvalue weighted by atomic mass is 9.82. The Labute approximate surface area is 113 Å². The molecular weight excluding hydrogens is 246 g/mol. The smallest absolute Gasteiger partial charge is 0.307 e. The van der Waals surface area contributed by atoms with Gasteiger partial charge in [-0.1, -0.05) is 26.0 Å². The molecule has 1 amide bonds. The summed E-state index contributed by atoms with van der Waals surface area (Å²) >= 11 is 0. The van der Waals surface area contributed by atoms with E-state index in [2.05, 4.69) is 5.32 Å². The van der Waals surface area contributed by atoms with Crippen molar-refractivity contribution in [2.24, 2.45) is 17.8 Å². The number of nitrogens with one attached hydrogen (secondary N) is 1. The van der Waals surface area contributed by atoms with Crippen LogP contribution < -0.4 is 5.32 Å². The van der Waals surface area contributed by atoms with Gasteiger partial charge < -0.3 is 15.5 Å². The highest BCUT2D eigenvalue weighted by atomic mass is 16.4. The first-order valence-corrected chi connectivity index (χ1v) is 6.75. The van der Waals surface area contributed by atoms with Crippen LogP contribution in [0.5, 0.6) is 0 Å². The summed E-state index contributed by atoms with van der Waals surface area (Å²) in [5, 5.41) is 21.4. The van der Waals surface area contributed by atoms with Gasteiger partial charge >= 0.3 is 5.97 Å². The molecule has 0 aromatic heterocycles. The number of hydrogen-bond acceptors (Lipinski definition) is 3. The number of carbonyl (C=O) groups excluding carboxylic acids is 1. The molecule has 3 N–H and O–H groups in total. The normalized spacial score (nSPS) is 24.2. The van der Waals surface area contributed by atoms with E-state index in [0.29, 0.717) is 25.2 Å². The first-order chi connectivity index (χ1) is 8.91. The molecule has 3 atom stereocenters. The molecule has 108 valence electrons. The predicted molar refractivity (Wildman–Crippen MR) is 71.5 cm³/mol. The van der Waals surface area contributed by atoms with Crippen molar-refractivity contribution in [2.75, 3.05) is 6.54 Å². The lowest BCUT2D eigenvalue weighted by Gasteiger charge is -2.25. The Hall–Kier alpha value is -1.36. The average molecular weight is 269 g/mol. The number of hydrogen-bond donors (Lipinski definition) is 3. The summed E-state index contributed by atoms with van der Waals surface area (Å²) in [4.78, 5) is 23.1. The number of carboxylic acids is 1. The van der Waals surface area contributed by atoms with Crippen molar-refractivity contribution in [3.05, 3.63) is 12.2 Å². The zero-order valence-electron chi connectivity index (χ0n) is 11.5. The van der Waals surface area contributed by atoms with E-state index < -0.39 is 23.9 Å². The molecule has 0 aromatic carbocycles. The monoisotopic (exact) mass is 269 g/mol. The van der Waals surface area contributed by atoms with Crippen LogP contribution in [0.25, 0.3) is 0 Å². The highest BCUT2D eigenvalue weighted by molar-refractivity contribution is 5.85. The maximum absolute atomic E-state index is 12.0. The summed E-state index contributed by atoms with van der Waals surface area (Å²) < 4.78 is 0. The molecule has 0 saturated carbocycles. The van der Waals surface area contributed by atoms with Crippen molar-refractivity contribution in [1.82, 2.24) is 5.32 Å². The van der Waals surface area contributed by atoms with Crippen LogP contribution in [0, 0.1) is 17.8 Å². The molecule has 3 unspecified atom stereocenters. The van der Waals surface area contributed by atoms with Gasteiger partial charge in [0.15, 0.2) is 0 Å². The summed E-state index contributed by atoms with van der Waals surface area (Å²) in [6, 6.07) is 0. The van der Waals surface area contributed by atoms with Crippen LogP contribution in [0.3, 0.4) is 0 Å². The Morgan fingerprint density at radius 3 is 2.37 bits per heavy atom. The van der Waals surface area contributed by atoms with Gasteiger partial charge in [-0.2, -0.15) is 0 Å². The topological polar surface area (TPSA) is 86.6 Å². The van der Waals surface area contributed by atoms with Gasteiger partial charge in [0.2, 0.25) is 5.91 Å². The number of amides is 1. The van der Waals surface area contributed by atoms with E-state index in [-0.39, 0.29) is 12.5 Å². The van der Waals surface area contributed by atoms with Gasteiger partial charge in [0.1, 0.15) is 0 Å². The second-order valence-electron chi connectivity index (χ2n) is 5.52. The summed E-state index contributed by atoms with van der Waals surface area (Å²) in [7, 11) is 0. The van der Waals surface area contributed by atoms with Crippen LogP contribution in [0.15, 0.2) is 12.2 Å². The van der Waals surface area contributed by atoms with Crippen LogP contribution in [-0.4, -0.2) is 34.7 Å². The van der Waals surface area contributed by atoms with E-state index in [0.717, 1.165) is 0 Å². The molecule has 0 fully saturated rings. The Bertz CT molecular complexity index is 351. The van der Waals surface area contributed by atoms with E-state index in [1.807, 2.05) is 19.9 Å². The summed E-state index contributed by atoms with van der Waals surface area (Å²) in [5.41, 5.74) is 0. The molecule has 1 rings (SSSR count). The lowest BCUT2D eigenvalue weighted by molar-refractivity contribution is -0.147. The molecule has 19 heavy (non-hydrogen) atoms. The van der Waals surface area contributed by atoms with Gasteiger partial charge in [-0.15, -0.1) is 0 Å². The van der Waals surface area contributed by atoms with E-state index in [9.17, 15) is 14.7 Å². The minimum atomic E-state index is -0.938. The fourth-order valence-electron chi connectivity index (χ4n) is 2.35. The van der Waals surface area contributed by atoms with Crippen LogP contribution >= 0.6 is 0 Å². The maximum atomic E-state index is 12.0. The van der Waals surface area contributed by atoms with Gasteiger partial charge in [0.05, 0.1) is 17.9 Å². The minimum absolute atomic E-state index is 0.184. The summed E-state index contributed by atoms with van der Waals surface area (Å²) in [6.07, 6.45) is 4.52. The Balaban J connectivity index is 2.48. The number of rotatable bonds is 6. The molecule has 1 aliphatic carbocycles. The fraction of sp³-hybridized carbons (Fsp3) is 0.714. The quantitative estimate of drug-likeness (QED) is 0.632. The van der Waals surface area contributed by atoms with Crippen LogP contribution in [0.4, 0.5) is 0 Å². The molecule has 5 nitrogen and oxygen atoms in total. The molecule has 0 saturated heterocycles.